The number of piperidine rings is 1. The maximum absolute atomic E-state index is 12.6. The molecule has 1 saturated heterocycles. The van der Waals surface area contributed by atoms with Gasteiger partial charge in [0.05, 0.1) is 12.0 Å². The molecule has 2 N–H and O–H groups in total. The molecule has 1 aliphatic heterocycles. The Kier molecular flexibility index (Phi) is 7.05. The van der Waals surface area contributed by atoms with Crippen molar-refractivity contribution >= 4 is 21.8 Å². The highest BCUT2D eigenvalue weighted by Crippen LogP contribution is 2.21. The van der Waals surface area contributed by atoms with Crippen LogP contribution in [-0.2, 0) is 20.6 Å². The molecule has 0 atom stereocenters. The van der Waals surface area contributed by atoms with E-state index < -0.39 is 10.0 Å². The van der Waals surface area contributed by atoms with Crippen LogP contribution in [-0.4, -0.2) is 50.7 Å². The van der Waals surface area contributed by atoms with E-state index in [0.29, 0.717) is 32.5 Å². The van der Waals surface area contributed by atoms with Crippen LogP contribution >= 0.6 is 0 Å². The fourth-order valence-electron chi connectivity index (χ4n) is 3.27. The molecule has 1 aromatic heterocycles. The third kappa shape index (κ3) is 5.91. The summed E-state index contributed by atoms with van der Waals surface area (Å²) in [5.74, 6) is -0.474. The molecule has 2 amide bonds. The Morgan fingerprint density at radius 2 is 1.69 bits per heavy atom. The highest BCUT2D eigenvalue weighted by molar-refractivity contribution is 7.88. The molecule has 0 bridgehead atoms. The maximum atomic E-state index is 12.6. The van der Waals surface area contributed by atoms with E-state index >= 15 is 0 Å². The van der Waals surface area contributed by atoms with Crippen molar-refractivity contribution in [1.82, 2.24) is 14.9 Å². The molecular formula is C20H25N3O5S. The van der Waals surface area contributed by atoms with Gasteiger partial charge in [-0.25, -0.2) is 12.7 Å². The Balaban J connectivity index is 1.38. The van der Waals surface area contributed by atoms with Crippen molar-refractivity contribution in [1.29, 1.82) is 0 Å². The predicted octanol–water partition coefficient (Wildman–Crippen LogP) is 1.37. The highest BCUT2D eigenvalue weighted by Gasteiger charge is 2.31. The van der Waals surface area contributed by atoms with Crippen LogP contribution in [0.3, 0.4) is 0 Å². The molecule has 1 aliphatic rings. The molecule has 8 nitrogen and oxygen atoms in total. The minimum absolute atomic E-state index is 0.0277. The summed E-state index contributed by atoms with van der Waals surface area (Å²) < 4.78 is 31.6. The number of rotatable bonds is 8. The summed E-state index contributed by atoms with van der Waals surface area (Å²) in [6.07, 6.45) is 2.39. The van der Waals surface area contributed by atoms with E-state index in [1.165, 1.54) is 10.6 Å². The van der Waals surface area contributed by atoms with Gasteiger partial charge in [-0.1, -0.05) is 30.3 Å². The van der Waals surface area contributed by atoms with Crippen molar-refractivity contribution in [3.63, 3.8) is 0 Å². The Labute approximate surface area is 170 Å². The van der Waals surface area contributed by atoms with Gasteiger partial charge in [-0.15, -0.1) is 0 Å². The zero-order valence-corrected chi connectivity index (χ0v) is 16.9. The average Bonchev–Trinajstić information content (AvgIpc) is 3.26. The van der Waals surface area contributed by atoms with Gasteiger partial charge in [-0.2, -0.15) is 0 Å². The summed E-state index contributed by atoms with van der Waals surface area (Å²) >= 11 is 0. The molecule has 2 heterocycles. The zero-order valence-electron chi connectivity index (χ0n) is 16.0. The molecule has 0 spiro atoms. The van der Waals surface area contributed by atoms with Gasteiger partial charge in [0, 0.05) is 32.1 Å². The average molecular weight is 420 g/mol. The van der Waals surface area contributed by atoms with Gasteiger partial charge >= 0.3 is 0 Å². The number of benzene rings is 1. The first-order chi connectivity index (χ1) is 14.0. The van der Waals surface area contributed by atoms with E-state index in [1.54, 1.807) is 24.3 Å². The fraction of sp³-hybridized carbons (Fsp3) is 0.400. The molecule has 0 aliphatic carbocycles. The van der Waals surface area contributed by atoms with Crippen LogP contribution in [0.5, 0.6) is 0 Å². The first-order valence-electron chi connectivity index (χ1n) is 9.57. The molecule has 0 unspecified atom stereocenters. The number of carbonyl (C=O) groups is 2. The quantitative estimate of drug-likeness (QED) is 0.628. The fourth-order valence-corrected chi connectivity index (χ4v) is 4.84. The van der Waals surface area contributed by atoms with E-state index in [1.807, 2.05) is 18.2 Å². The number of nitrogens with zero attached hydrogens (tertiary/aromatic N) is 1. The lowest BCUT2D eigenvalue weighted by Gasteiger charge is -2.30. The van der Waals surface area contributed by atoms with Crippen LogP contribution in [0.1, 0.15) is 29.0 Å². The minimum atomic E-state index is -3.39. The summed E-state index contributed by atoms with van der Waals surface area (Å²) in [4.78, 5) is 24.0. The Hall–Kier alpha value is -2.65. The van der Waals surface area contributed by atoms with Gasteiger partial charge in [0.25, 0.3) is 5.91 Å². The summed E-state index contributed by atoms with van der Waals surface area (Å²) in [5.41, 5.74) is 0.754. The first kappa shape index (κ1) is 21.1. The monoisotopic (exact) mass is 419 g/mol. The van der Waals surface area contributed by atoms with E-state index in [-0.39, 0.29) is 35.8 Å². The second-order valence-corrected chi connectivity index (χ2v) is 8.91. The van der Waals surface area contributed by atoms with Crippen molar-refractivity contribution in [2.75, 3.05) is 26.2 Å². The third-order valence-corrected chi connectivity index (χ3v) is 6.71. The number of hydrogen-bond acceptors (Lipinski definition) is 5. The van der Waals surface area contributed by atoms with Crippen LogP contribution < -0.4 is 10.6 Å². The van der Waals surface area contributed by atoms with E-state index in [0.717, 1.165) is 5.56 Å². The second-order valence-electron chi connectivity index (χ2n) is 6.94. The lowest BCUT2D eigenvalue weighted by molar-refractivity contribution is -0.126. The molecule has 1 aromatic carbocycles. The maximum Gasteiger partial charge on any atom is 0.287 e. The Morgan fingerprint density at radius 1 is 1.00 bits per heavy atom. The number of carbonyl (C=O) groups excluding carboxylic acids is 2. The Bertz CT molecular complexity index is 905. The van der Waals surface area contributed by atoms with E-state index in [4.69, 9.17) is 4.42 Å². The lowest BCUT2D eigenvalue weighted by Crippen LogP contribution is -2.44. The molecule has 156 valence electrons. The summed E-state index contributed by atoms with van der Waals surface area (Å²) in [7, 11) is -3.39. The van der Waals surface area contributed by atoms with Gasteiger partial charge in [-0.05, 0) is 30.5 Å². The van der Waals surface area contributed by atoms with Gasteiger partial charge in [0.2, 0.25) is 15.9 Å². The van der Waals surface area contributed by atoms with E-state index in [9.17, 15) is 18.0 Å². The number of hydrogen-bond donors (Lipinski definition) is 2. The van der Waals surface area contributed by atoms with Crippen LogP contribution in [0.2, 0.25) is 0 Å². The molecule has 0 radical (unpaired) electrons. The van der Waals surface area contributed by atoms with E-state index in [2.05, 4.69) is 10.6 Å². The molecule has 3 rings (SSSR count). The first-order valence-corrected chi connectivity index (χ1v) is 11.2. The number of nitrogens with one attached hydrogen (secondary N) is 2. The van der Waals surface area contributed by atoms with Crippen LogP contribution in [0.4, 0.5) is 0 Å². The number of sulfonamides is 1. The molecule has 9 heteroatoms. The molecule has 0 saturated carbocycles. The summed E-state index contributed by atoms with van der Waals surface area (Å²) in [5, 5.41) is 5.45. The lowest BCUT2D eigenvalue weighted by atomic mass is 9.97. The molecule has 1 fully saturated rings. The minimum Gasteiger partial charge on any atom is -0.459 e. The summed E-state index contributed by atoms with van der Waals surface area (Å²) in [6.45, 7) is 1.26. The van der Waals surface area contributed by atoms with Gasteiger partial charge in [0.15, 0.2) is 5.76 Å². The van der Waals surface area contributed by atoms with Gasteiger partial charge in [0.1, 0.15) is 0 Å². The number of furan rings is 1. The van der Waals surface area contributed by atoms with Gasteiger partial charge < -0.3 is 15.1 Å². The van der Waals surface area contributed by atoms with Crippen molar-refractivity contribution in [2.24, 2.45) is 5.92 Å². The standard InChI is InChI=1S/C20H25N3O5S/c24-19(21-10-11-22-20(25)18-7-4-14-28-18)17-8-12-23(13-9-17)29(26,27)15-16-5-2-1-3-6-16/h1-7,14,17H,8-13,15H2,(H,21,24)(H,22,25). The second kappa shape index (κ2) is 9.71. The highest BCUT2D eigenvalue weighted by atomic mass is 32.2. The normalized spacial score (nSPS) is 15.7. The van der Waals surface area contributed by atoms with Crippen molar-refractivity contribution in [3.05, 3.63) is 60.1 Å². The van der Waals surface area contributed by atoms with Gasteiger partial charge in [-0.3, -0.25) is 9.59 Å². The smallest absolute Gasteiger partial charge is 0.287 e. The van der Waals surface area contributed by atoms with Crippen molar-refractivity contribution < 1.29 is 22.4 Å². The molecule has 2 aromatic rings. The molecule has 29 heavy (non-hydrogen) atoms. The largest absolute Gasteiger partial charge is 0.459 e. The van der Waals surface area contributed by atoms with Crippen LogP contribution in [0, 0.1) is 5.92 Å². The predicted molar refractivity (Wildman–Crippen MR) is 107 cm³/mol. The Morgan fingerprint density at radius 3 is 2.34 bits per heavy atom. The van der Waals surface area contributed by atoms with Crippen LogP contribution in [0.15, 0.2) is 53.1 Å². The van der Waals surface area contributed by atoms with Crippen molar-refractivity contribution in [2.45, 2.75) is 18.6 Å². The molecular weight excluding hydrogens is 394 g/mol. The summed E-state index contributed by atoms with van der Waals surface area (Å²) in [6, 6.07) is 12.3. The topological polar surface area (TPSA) is 109 Å². The third-order valence-electron chi connectivity index (χ3n) is 4.86. The number of amides is 2. The van der Waals surface area contributed by atoms with Crippen molar-refractivity contribution in [3.8, 4) is 0 Å². The van der Waals surface area contributed by atoms with Crippen LogP contribution in [0.25, 0.3) is 0 Å². The zero-order chi connectivity index (χ0) is 20.7. The SMILES string of the molecule is O=C(NCCNC(=O)C1CCN(S(=O)(=O)Cc2ccccc2)CC1)c1ccco1.